The van der Waals surface area contributed by atoms with Gasteiger partial charge in [-0.3, -0.25) is 4.68 Å². The van der Waals surface area contributed by atoms with Crippen LogP contribution in [0.5, 0.6) is 5.75 Å². The summed E-state index contributed by atoms with van der Waals surface area (Å²) in [5, 5.41) is 12.0. The van der Waals surface area contributed by atoms with Crippen LogP contribution in [0.4, 0.5) is 17.5 Å². The van der Waals surface area contributed by atoms with E-state index >= 15 is 0 Å². The first-order valence-corrected chi connectivity index (χ1v) is 9.53. The molecule has 0 aliphatic carbocycles. The van der Waals surface area contributed by atoms with Crippen molar-refractivity contribution < 1.29 is 9.15 Å². The summed E-state index contributed by atoms with van der Waals surface area (Å²) in [6.45, 7) is 1.84. The molecule has 0 unspecified atom stereocenters. The number of oxazole rings is 1. The zero-order valence-corrected chi connectivity index (χ0v) is 17.2. The van der Waals surface area contributed by atoms with E-state index in [0.29, 0.717) is 23.1 Å². The third-order valence-corrected chi connectivity index (χ3v) is 4.93. The Hall–Kier alpha value is -4.34. The lowest BCUT2D eigenvalue weighted by Crippen LogP contribution is -2.01. The van der Waals surface area contributed by atoms with E-state index in [0.717, 1.165) is 34.0 Å². The molecule has 0 aliphatic rings. The van der Waals surface area contributed by atoms with Crippen LogP contribution in [0.3, 0.4) is 0 Å². The maximum atomic E-state index is 6.23. The first kappa shape index (κ1) is 18.7. The quantitative estimate of drug-likeness (QED) is 0.447. The summed E-state index contributed by atoms with van der Waals surface area (Å²) in [4.78, 5) is 8.36. The van der Waals surface area contributed by atoms with E-state index in [1.807, 2.05) is 50.5 Å². The number of ether oxygens (including phenoxy) is 1. The summed E-state index contributed by atoms with van der Waals surface area (Å²) < 4.78 is 14.6. The second kappa shape index (κ2) is 7.17. The van der Waals surface area contributed by atoms with Gasteiger partial charge in [0.1, 0.15) is 29.0 Å². The first-order valence-electron chi connectivity index (χ1n) is 9.53. The lowest BCUT2D eigenvalue weighted by atomic mass is 10.1. The Kier molecular flexibility index (Phi) is 4.32. The summed E-state index contributed by atoms with van der Waals surface area (Å²) in [7, 11) is 3.48. The molecule has 0 saturated heterocycles. The number of fused-ring (bicyclic) bond motifs is 1. The molecule has 0 bridgehead atoms. The summed E-state index contributed by atoms with van der Waals surface area (Å²) >= 11 is 0. The van der Waals surface area contributed by atoms with E-state index in [2.05, 4.69) is 25.5 Å². The van der Waals surface area contributed by atoms with Gasteiger partial charge in [0.2, 0.25) is 0 Å². The van der Waals surface area contributed by atoms with Crippen LogP contribution in [0.1, 0.15) is 5.76 Å². The summed E-state index contributed by atoms with van der Waals surface area (Å²) in [5.74, 6) is 1.72. The van der Waals surface area contributed by atoms with Crippen molar-refractivity contribution in [3.63, 3.8) is 0 Å². The van der Waals surface area contributed by atoms with Crippen molar-refractivity contribution in [2.75, 3.05) is 18.2 Å². The number of aryl methyl sites for hydroxylation is 2. The van der Waals surface area contributed by atoms with Gasteiger partial charge in [-0.15, -0.1) is 0 Å². The molecular weight excluding hydrogens is 396 g/mol. The minimum absolute atomic E-state index is 0.378. The zero-order valence-electron chi connectivity index (χ0n) is 17.2. The van der Waals surface area contributed by atoms with Crippen molar-refractivity contribution in [2.45, 2.75) is 6.92 Å². The number of anilines is 3. The fourth-order valence-corrected chi connectivity index (χ4v) is 3.51. The van der Waals surface area contributed by atoms with E-state index in [1.54, 1.807) is 22.5 Å². The number of nitrogens with two attached hydrogens (primary N) is 1. The summed E-state index contributed by atoms with van der Waals surface area (Å²) in [5.41, 5.74) is 11.0. The van der Waals surface area contributed by atoms with Crippen LogP contribution in [-0.2, 0) is 7.05 Å². The van der Waals surface area contributed by atoms with E-state index in [9.17, 15) is 0 Å². The monoisotopic (exact) mass is 416 g/mol. The topological polar surface area (TPSA) is 121 Å². The number of hydrogen-bond donors (Lipinski definition) is 2. The normalized spacial score (nSPS) is 11.2. The van der Waals surface area contributed by atoms with Crippen molar-refractivity contribution in [3.05, 3.63) is 54.8 Å². The Morgan fingerprint density at radius 2 is 2.03 bits per heavy atom. The van der Waals surface area contributed by atoms with Gasteiger partial charge in [0.25, 0.3) is 6.01 Å². The van der Waals surface area contributed by atoms with Gasteiger partial charge in [-0.25, -0.2) is 14.5 Å². The molecule has 0 spiro atoms. The standard InChI is InChI=1S/C21H20N8O2/c1-12-10-23-21(31-12)26-16-5-4-13(8-18(16)30-3)14-9-17(15-6-7-28(2)27-15)29-19(14)20(22)24-11-25-29/h4-11H,1-3H3,(H,23,26)(H2,22,24,25). The van der Waals surface area contributed by atoms with E-state index in [1.165, 1.54) is 6.33 Å². The lowest BCUT2D eigenvalue weighted by molar-refractivity contribution is 0.416. The highest BCUT2D eigenvalue weighted by Gasteiger charge is 2.19. The predicted molar refractivity (Wildman–Crippen MR) is 116 cm³/mol. The van der Waals surface area contributed by atoms with Crippen LogP contribution in [0, 0.1) is 6.92 Å². The first-order chi connectivity index (χ1) is 15.0. The average molecular weight is 416 g/mol. The third-order valence-electron chi connectivity index (χ3n) is 4.93. The van der Waals surface area contributed by atoms with E-state index in [4.69, 9.17) is 14.9 Å². The summed E-state index contributed by atoms with van der Waals surface area (Å²) in [6, 6.07) is 10.1. The molecule has 10 heteroatoms. The third kappa shape index (κ3) is 3.23. The molecular formula is C21H20N8O2. The predicted octanol–water partition coefficient (Wildman–Crippen LogP) is 3.43. The molecule has 0 amide bonds. The van der Waals surface area contributed by atoms with Gasteiger partial charge < -0.3 is 20.2 Å². The minimum Gasteiger partial charge on any atom is -0.495 e. The van der Waals surface area contributed by atoms with Gasteiger partial charge in [-0.05, 0) is 36.8 Å². The number of aromatic nitrogens is 6. The maximum absolute atomic E-state index is 6.23. The van der Waals surface area contributed by atoms with E-state index < -0.39 is 0 Å². The van der Waals surface area contributed by atoms with Crippen molar-refractivity contribution >= 4 is 23.0 Å². The van der Waals surface area contributed by atoms with Gasteiger partial charge in [0, 0.05) is 18.8 Å². The van der Waals surface area contributed by atoms with Gasteiger partial charge >= 0.3 is 0 Å². The zero-order chi connectivity index (χ0) is 21.5. The number of nitrogen functional groups attached to an aromatic ring is 1. The molecule has 4 heterocycles. The molecule has 1 aromatic carbocycles. The number of nitrogens with one attached hydrogen (secondary N) is 1. The summed E-state index contributed by atoms with van der Waals surface area (Å²) in [6.07, 6.45) is 4.97. The van der Waals surface area contributed by atoms with Crippen molar-refractivity contribution in [1.82, 2.24) is 29.4 Å². The molecule has 5 rings (SSSR count). The maximum Gasteiger partial charge on any atom is 0.299 e. The highest BCUT2D eigenvalue weighted by atomic mass is 16.5. The Morgan fingerprint density at radius 1 is 1.16 bits per heavy atom. The largest absolute Gasteiger partial charge is 0.495 e. The Labute approximate surface area is 177 Å². The minimum atomic E-state index is 0.378. The van der Waals surface area contributed by atoms with Crippen LogP contribution in [0.15, 0.2) is 53.5 Å². The molecule has 0 radical (unpaired) electrons. The number of methoxy groups -OCH3 is 1. The van der Waals surface area contributed by atoms with Gasteiger partial charge in [0.15, 0.2) is 5.82 Å². The van der Waals surface area contributed by atoms with Crippen molar-refractivity contribution in [3.8, 4) is 28.3 Å². The van der Waals surface area contributed by atoms with Gasteiger partial charge in [-0.1, -0.05) is 6.07 Å². The van der Waals surface area contributed by atoms with Crippen LogP contribution < -0.4 is 15.8 Å². The highest BCUT2D eigenvalue weighted by molar-refractivity contribution is 5.92. The smallest absolute Gasteiger partial charge is 0.299 e. The average Bonchev–Trinajstić information content (AvgIpc) is 3.47. The van der Waals surface area contributed by atoms with Gasteiger partial charge in [-0.2, -0.15) is 10.2 Å². The Morgan fingerprint density at radius 3 is 2.74 bits per heavy atom. The molecule has 31 heavy (non-hydrogen) atoms. The highest BCUT2D eigenvalue weighted by Crippen LogP contribution is 2.38. The fourth-order valence-electron chi connectivity index (χ4n) is 3.51. The molecule has 4 aromatic heterocycles. The van der Waals surface area contributed by atoms with Gasteiger partial charge in [0.05, 0.1) is 24.7 Å². The number of rotatable bonds is 5. The number of nitrogens with zero attached hydrogens (tertiary/aromatic N) is 6. The number of hydrogen-bond acceptors (Lipinski definition) is 8. The molecule has 0 fully saturated rings. The molecule has 0 atom stereocenters. The fraction of sp³-hybridized carbons (Fsp3) is 0.143. The van der Waals surface area contributed by atoms with Crippen LogP contribution in [-0.4, -0.2) is 36.5 Å². The lowest BCUT2D eigenvalue weighted by Gasteiger charge is -2.11. The Balaban J connectivity index is 1.63. The van der Waals surface area contributed by atoms with Crippen LogP contribution in [0.25, 0.3) is 28.0 Å². The van der Waals surface area contributed by atoms with Crippen molar-refractivity contribution in [1.29, 1.82) is 0 Å². The second-order valence-electron chi connectivity index (χ2n) is 7.04. The molecule has 0 saturated carbocycles. The molecule has 5 aromatic rings. The SMILES string of the molecule is COc1cc(-c2cc(-c3ccn(C)n3)n3ncnc(N)c23)ccc1Nc1ncc(C)o1. The Bertz CT molecular complexity index is 1400. The molecule has 0 aliphatic heterocycles. The second-order valence-corrected chi connectivity index (χ2v) is 7.04. The van der Waals surface area contributed by atoms with Crippen LogP contribution in [0.2, 0.25) is 0 Å². The molecule has 3 N–H and O–H groups in total. The van der Waals surface area contributed by atoms with Crippen LogP contribution >= 0.6 is 0 Å². The van der Waals surface area contributed by atoms with Crippen molar-refractivity contribution in [2.24, 2.45) is 7.05 Å². The molecule has 156 valence electrons. The number of benzene rings is 1. The van der Waals surface area contributed by atoms with E-state index in [-0.39, 0.29) is 0 Å². The molecule has 10 nitrogen and oxygen atoms in total.